The molecule has 0 saturated carbocycles. The van der Waals surface area contributed by atoms with Crippen LogP contribution in [0.3, 0.4) is 0 Å². The SMILES string of the molecule is CC(=O)c1cccc(NC(=O)C(C)N2C(=O)NC(Cc3c[nH]c4ccccc34)C2=O)c1. The van der Waals surface area contributed by atoms with Crippen LogP contribution in [0.4, 0.5) is 10.5 Å². The summed E-state index contributed by atoms with van der Waals surface area (Å²) in [7, 11) is 0. The van der Waals surface area contributed by atoms with E-state index in [1.165, 1.54) is 13.8 Å². The molecule has 8 heteroatoms. The van der Waals surface area contributed by atoms with Crippen LogP contribution in [0.15, 0.2) is 54.7 Å². The highest BCUT2D eigenvalue weighted by atomic mass is 16.2. The number of amides is 4. The number of hydrogen-bond donors (Lipinski definition) is 3. The van der Waals surface area contributed by atoms with Gasteiger partial charge in [0.1, 0.15) is 12.1 Å². The molecule has 3 N–H and O–H groups in total. The molecule has 158 valence electrons. The maximum atomic E-state index is 12.9. The van der Waals surface area contributed by atoms with Crippen molar-refractivity contribution in [3.8, 4) is 0 Å². The maximum absolute atomic E-state index is 12.9. The first-order chi connectivity index (χ1) is 14.8. The molecule has 0 spiro atoms. The molecule has 2 atom stereocenters. The topological polar surface area (TPSA) is 111 Å². The number of carbonyl (C=O) groups is 4. The molecule has 1 aromatic heterocycles. The van der Waals surface area contributed by atoms with E-state index in [1.54, 1.807) is 24.3 Å². The molecule has 1 aliphatic rings. The van der Waals surface area contributed by atoms with E-state index >= 15 is 0 Å². The molecule has 4 amide bonds. The number of hydrogen-bond acceptors (Lipinski definition) is 4. The van der Waals surface area contributed by atoms with Crippen LogP contribution in [-0.2, 0) is 16.0 Å². The highest BCUT2D eigenvalue weighted by molar-refractivity contribution is 6.09. The molecule has 1 aliphatic heterocycles. The fourth-order valence-corrected chi connectivity index (χ4v) is 3.75. The second-order valence-corrected chi connectivity index (χ2v) is 7.58. The van der Waals surface area contributed by atoms with Crippen LogP contribution in [0.1, 0.15) is 29.8 Å². The first kappa shape index (κ1) is 20.3. The average Bonchev–Trinajstić information content (AvgIpc) is 3.28. The van der Waals surface area contributed by atoms with Gasteiger partial charge in [-0.1, -0.05) is 30.3 Å². The number of benzene rings is 2. The molecule has 0 bridgehead atoms. The summed E-state index contributed by atoms with van der Waals surface area (Å²) < 4.78 is 0. The van der Waals surface area contributed by atoms with Gasteiger partial charge in [0.05, 0.1) is 0 Å². The third kappa shape index (κ3) is 3.92. The van der Waals surface area contributed by atoms with E-state index in [2.05, 4.69) is 15.6 Å². The second kappa shape index (κ2) is 8.06. The second-order valence-electron chi connectivity index (χ2n) is 7.58. The number of nitrogens with one attached hydrogen (secondary N) is 3. The largest absolute Gasteiger partial charge is 0.361 e. The normalized spacial score (nSPS) is 17.0. The van der Waals surface area contributed by atoms with Gasteiger partial charge in [-0.05, 0) is 37.6 Å². The molecule has 1 saturated heterocycles. The quantitative estimate of drug-likeness (QED) is 0.422. The van der Waals surface area contributed by atoms with Crippen LogP contribution >= 0.6 is 0 Å². The van der Waals surface area contributed by atoms with E-state index in [1.807, 2.05) is 30.5 Å². The number of aromatic nitrogens is 1. The Kier molecular flexibility index (Phi) is 5.29. The summed E-state index contributed by atoms with van der Waals surface area (Å²) in [5.41, 5.74) is 2.74. The standard InChI is InChI=1S/C23H22N4O4/c1-13(21(29)25-17-7-5-6-15(10-17)14(2)28)27-22(30)20(26-23(27)31)11-16-12-24-19-9-4-3-8-18(16)19/h3-10,12-13,20,24H,11H2,1-2H3,(H,25,29)(H,26,31). The number of anilines is 1. The Morgan fingerprint density at radius 1 is 1.13 bits per heavy atom. The predicted octanol–water partition coefficient (Wildman–Crippen LogP) is 2.86. The summed E-state index contributed by atoms with van der Waals surface area (Å²) in [4.78, 5) is 53.8. The molecular weight excluding hydrogens is 396 g/mol. The van der Waals surface area contributed by atoms with Crippen molar-refractivity contribution >= 4 is 40.2 Å². The van der Waals surface area contributed by atoms with E-state index in [0.29, 0.717) is 17.7 Å². The van der Waals surface area contributed by atoms with E-state index in [9.17, 15) is 19.2 Å². The highest BCUT2D eigenvalue weighted by Crippen LogP contribution is 2.22. The van der Waals surface area contributed by atoms with Gasteiger partial charge in [0.25, 0.3) is 5.91 Å². The summed E-state index contributed by atoms with van der Waals surface area (Å²) >= 11 is 0. The zero-order valence-corrected chi connectivity index (χ0v) is 17.1. The number of urea groups is 1. The van der Waals surface area contributed by atoms with Gasteiger partial charge in [-0.25, -0.2) is 4.79 Å². The van der Waals surface area contributed by atoms with Gasteiger partial charge >= 0.3 is 6.03 Å². The number of imide groups is 1. The minimum Gasteiger partial charge on any atom is -0.361 e. The van der Waals surface area contributed by atoms with Crippen molar-refractivity contribution in [1.29, 1.82) is 0 Å². The van der Waals surface area contributed by atoms with Crippen LogP contribution in [0.2, 0.25) is 0 Å². The number of Topliss-reactive ketones (excluding diaryl/α,β-unsaturated/α-hetero) is 1. The molecular formula is C23H22N4O4. The first-order valence-electron chi connectivity index (χ1n) is 9.95. The van der Waals surface area contributed by atoms with Crippen LogP contribution in [0.5, 0.6) is 0 Å². The third-order valence-corrected chi connectivity index (χ3v) is 5.45. The number of H-pyrrole nitrogens is 1. The summed E-state index contributed by atoms with van der Waals surface area (Å²) in [5, 5.41) is 6.33. The zero-order valence-electron chi connectivity index (χ0n) is 17.1. The van der Waals surface area contributed by atoms with Crippen molar-refractivity contribution in [2.45, 2.75) is 32.4 Å². The molecule has 2 aromatic carbocycles. The summed E-state index contributed by atoms with van der Waals surface area (Å²) in [6.45, 7) is 2.93. The summed E-state index contributed by atoms with van der Waals surface area (Å²) in [5.74, 6) is -1.09. The van der Waals surface area contributed by atoms with Crippen molar-refractivity contribution in [3.05, 3.63) is 65.9 Å². The van der Waals surface area contributed by atoms with Gasteiger partial charge in [0, 0.05) is 34.8 Å². The molecule has 2 unspecified atom stereocenters. The molecule has 8 nitrogen and oxygen atoms in total. The Morgan fingerprint density at radius 3 is 2.68 bits per heavy atom. The van der Waals surface area contributed by atoms with Gasteiger partial charge in [0.15, 0.2) is 5.78 Å². The van der Waals surface area contributed by atoms with Crippen LogP contribution in [-0.4, -0.2) is 45.6 Å². The Morgan fingerprint density at radius 2 is 1.90 bits per heavy atom. The summed E-state index contributed by atoms with van der Waals surface area (Å²) in [6.07, 6.45) is 2.14. The van der Waals surface area contributed by atoms with E-state index in [-0.39, 0.29) is 5.78 Å². The van der Waals surface area contributed by atoms with Crippen molar-refractivity contribution in [2.24, 2.45) is 0 Å². The van der Waals surface area contributed by atoms with E-state index < -0.39 is 29.9 Å². The van der Waals surface area contributed by atoms with Crippen molar-refractivity contribution in [3.63, 3.8) is 0 Å². The van der Waals surface area contributed by atoms with Crippen LogP contribution in [0.25, 0.3) is 10.9 Å². The Balaban J connectivity index is 1.47. The molecule has 2 heterocycles. The van der Waals surface area contributed by atoms with E-state index in [4.69, 9.17) is 0 Å². The monoisotopic (exact) mass is 418 g/mol. The van der Waals surface area contributed by atoms with Gasteiger partial charge in [-0.2, -0.15) is 0 Å². The molecule has 0 radical (unpaired) electrons. The van der Waals surface area contributed by atoms with Crippen LogP contribution in [0, 0.1) is 0 Å². The molecule has 0 aliphatic carbocycles. The number of rotatable bonds is 6. The van der Waals surface area contributed by atoms with Crippen molar-refractivity contribution < 1.29 is 19.2 Å². The van der Waals surface area contributed by atoms with Gasteiger partial charge in [0.2, 0.25) is 5.91 Å². The fourth-order valence-electron chi connectivity index (χ4n) is 3.75. The Hall–Kier alpha value is -3.94. The van der Waals surface area contributed by atoms with E-state index in [0.717, 1.165) is 21.4 Å². The number of fused-ring (bicyclic) bond motifs is 1. The number of para-hydroxylation sites is 1. The lowest BCUT2D eigenvalue weighted by Gasteiger charge is -2.21. The molecule has 31 heavy (non-hydrogen) atoms. The summed E-state index contributed by atoms with van der Waals surface area (Å²) in [6, 6.07) is 11.9. The van der Waals surface area contributed by atoms with Gasteiger partial charge < -0.3 is 15.6 Å². The number of nitrogens with zero attached hydrogens (tertiary/aromatic N) is 1. The minimum atomic E-state index is -1.01. The van der Waals surface area contributed by atoms with Crippen molar-refractivity contribution in [2.75, 3.05) is 5.32 Å². The zero-order chi connectivity index (χ0) is 22.1. The Bertz CT molecular complexity index is 1200. The first-order valence-corrected chi connectivity index (χ1v) is 9.95. The van der Waals surface area contributed by atoms with Crippen molar-refractivity contribution in [1.82, 2.24) is 15.2 Å². The van der Waals surface area contributed by atoms with Gasteiger partial charge in [-0.15, -0.1) is 0 Å². The lowest BCUT2D eigenvalue weighted by molar-refractivity contribution is -0.133. The fraction of sp³-hybridized carbons (Fsp3) is 0.217. The number of ketones is 1. The lowest BCUT2D eigenvalue weighted by Crippen LogP contribution is -2.46. The number of aromatic amines is 1. The number of carbonyl (C=O) groups excluding carboxylic acids is 4. The highest BCUT2D eigenvalue weighted by Gasteiger charge is 2.43. The molecule has 3 aromatic rings. The third-order valence-electron chi connectivity index (χ3n) is 5.45. The average molecular weight is 418 g/mol. The minimum absolute atomic E-state index is 0.127. The van der Waals surface area contributed by atoms with Gasteiger partial charge in [-0.3, -0.25) is 19.3 Å². The van der Waals surface area contributed by atoms with Crippen LogP contribution < -0.4 is 10.6 Å². The molecule has 4 rings (SSSR count). The maximum Gasteiger partial charge on any atom is 0.325 e. The predicted molar refractivity (Wildman–Crippen MR) is 116 cm³/mol. The molecule has 1 fully saturated rings. The lowest BCUT2D eigenvalue weighted by atomic mass is 10.0. The Labute approximate surface area is 178 Å². The smallest absolute Gasteiger partial charge is 0.325 e.